The average Bonchev–Trinajstić information content (AvgIpc) is 2.85. The highest BCUT2D eigenvalue weighted by atomic mass is 127. The van der Waals surface area contributed by atoms with E-state index in [1.807, 2.05) is 13.0 Å². The van der Waals surface area contributed by atoms with E-state index in [0.29, 0.717) is 6.42 Å². The highest BCUT2D eigenvalue weighted by molar-refractivity contribution is 14.0. The summed E-state index contributed by atoms with van der Waals surface area (Å²) in [5.74, 6) is 1.20. The van der Waals surface area contributed by atoms with Gasteiger partial charge in [0.15, 0.2) is 15.8 Å². The van der Waals surface area contributed by atoms with E-state index in [4.69, 9.17) is 4.99 Å². The van der Waals surface area contributed by atoms with Crippen LogP contribution in [-0.2, 0) is 15.3 Å². The Morgan fingerprint density at radius 3 is 2.69 bits per heavy atom. The van der Waals surface area contributed by atoms with Crippen LogP contribution in [0.4, 0.5) is 0 Å². The van der Waals surface area contributed by atoms with Crippen molar-refractivity contribution < 1.29 is 8.42 Å². The van der Waals surface area contributed by atoms with Gasteiger partial charge >= 0.3 is 0 Å². The first kappa shape index (κ1) is 21.9. The number of rotatable bonds is 5. The van der Waals surface area contributed by atoms with Gasteiger partial charge < -0.3 is 10.6 Å². The monoisotopic (exact) mass is 555 g/mol. The molecule has 1 unspecified atom stereocenters. The fraction of sp³-hybridized carbons (Fsp3) is 0.611. The molecular weight excluding hydrogens is 529 g/mol. The molecule has 146 valence electrons. The van der Waals surface area contributed by atoms with Crippen molar-refractivity contribution in [3.8, 4) is 0 Å². The molecule has 2 N–H and O–H groups in total. The Balaban J connectivity index is 0.00000243. The number of benzene rings is 1. The zero-order valence-corrected chi connectivity index (χ0v) is 19.7. The first-order valence-electron chi connectivity index (χ1n) is 8.94. The molecule has 0 spiro atoms. The van der Waals surface area contributed by atoms with Crippen molar-refractivity contribution in [3.63, 3.8) is 0 Å². The lowest BCUT2D eigenvalue weighted by Crippen LogP contribution is -2.45. The van der Waals surface area contributed by atoms with Crippen molar-refractivity contribution in [2.75, 3.05) is 24.6 Å². The number of sulfone groups is 1. The smallest absolute Gasteiger partial charge is 0.191 e. The first-order valence-corrected chi connectivity index (χ1v) is 11.6. The SMILES string of the molecule is CCNC(=NCC1(c2cccc(Br)c2)CCC1)NC1CCS(=O)(=O)C1.I. The summed E-state index contributed by atoms with van der Waals surface area (Å²) < 4.78 is 24.4. The Kier molecular flexibility index (Phi) is 7.79. The third-order valence-corrected chi connectivity index (χ3v) is 7.47. The maximum Gasteiger partial charge on any atom is 0.191 e. The van der Waals surface area contributed by atoms with Crippen LogP contribution in [0.5, 0.6) is 0 Å². The van der Waals surface area contributed by atoms with E-state index < -0.39 is 9.84 Å². The lowest BCUT2D eigenvalue weighted by molar-refractivity contribution is 0.253. The van der Waals surface area contributed by atoms with Gasteiger partial charge in [0.1, 0.15) is 0 Å². The highest BCUT2D eigenvalue weighted by Crippen LogP contribution is 2.44. The maximum atomic E-state index is 11.7. The zero-order valence-electron chi connectivity index (χ0n) is 15.0. The molecular formula is C18H27BrIN3O2S. The van der Waals surface area contributed by atoms with Gasteiger partial charge in [-0.05, 0) is 43.9 Å². The molecule has 1 aliphatic heterocycles. The van der Waals surface area contributed by atoms with E-state index in [-0.39, 0.29) is 46.9 Å². The first-order chi connectivity index (χ1) is 11.9. The third kappa shape index (κ3) is 5.34. The van der Waals surface area contributed by atoms with Gasteiger partial charge in [-0.25, -0.2) is 8.42 Å². The summed E-state index contributed by atoms with van der Waals surface area (Å²) in [5.41, 5.74) is 1.43. The largest absolute Gasteiger partial charge is 0.357 e. The van der Waals surface area contributed by atoms with Crippen molar-refractivity contribution >= 4 is 55.7 Å². The minimum absolute atomic E-state index is 0. The molecule has 1 aromatic rings. The number of nitrogens with zero attached hydrogens (tertiary/aromatic N) is 1. The van der Waals surface area contributed by atoms with Crippen molar-refractivity contribution in [1.29, 1.82) is 0 Å². The normalized spacial score (nSPS) is 23.6. The van der Waals surface area contributed by atoms with Crippen LogP contribution in [0.15, 0.2) is 33.7 Å². The Morgan fingerprint density at radius 1 is 1.38 bits per heavy atom. The highest BCUT2D eigenvalue weighted by Gasteiger charge is 2.38. The molecule has 1 atom stereocenters. The standard InChI is InChI=1S/C18H26BrN3O2S.HI/c1-2-20-17(22-16-7-10-25(23,24)12-16)21-13-18(8-4-9-18)14-5-3-6-15(19)11-14;/h3,5-6,11,16H,2,4,7-10,12-13H2,1H3,(H2,20,21,22);1H. The van der Waals surface area contributed by atoms with Gasteiger partial charge in [0.05, 0.1) is 18.1 Å². The second kappa shape index (κ2) is 9.23. The Hall–Kier alpha value is -0.350. The predicted molar refractivity (Wildman–Crippen MR) is 121 cm³/mol. The van der Waals surface area contributed by atoms with Crippen LogP contribution in [-0.4, -0.2) is 45.0 Å². The minimum atomic E-state index is -2.89. The van der Waals surface area contributed by atoms with Gasteiger partial charge in [0, 0.05) is 22.5 Å². The molecule has 3 rings (SSSR count). The summed E-state index contributed by atoms with van der Waals surface area (Å²) >= 11 is 3.56. The molecule has 1 aromatic carbocycles. The molecule has 1 heterocycles. The summed E-state index contributed by atoms with van der Waals surface area (Å²) in [6, 6.07) is 8.47. The zero-order chi connectivity index (χ0) is 17.9. The molecule has 8 heteroatoms. The van der Waals surface area contributed by atoms with Gasteiger partial charge in [0.25, 0.3) is 0 Å². The Bertz CT molecular complexity index is 751. The second-order valence-corrected chi connectivity index (χ2v) is 10.2. The average molecular weight is 556 g/mol. The maximum absolute atomic E-state index is 11.7. The minimum Gasteiger partial charge on any atom is -0.357 e. The van der Waals surface area contributed by atoms with Crippen LogP contribution >= 0.6 is 39.9 Å². The summed E-state index contributed by atoms with van der Waals surface area (Å²) in [7, 11) is -2.89. The quantitative estimate of drug-likeness (QED) is 0.332. The molecule has 26 heavy (non-hydrogen) atoms. The summed E-state index contributed by atoms with van der Waals surface area (Å²) in [4.78, 5) is 4.81. The molecule has 0 radical (unpaired) electrons. The summed E-state index contributed by atoms with van der Waals surface area (Å²) in [5, 5.41) is 6.56. The number of nitrogens with one attached hydrogen (secondary N) is 2. The van der Waals surface area contributed by atoms with E-state index >= 15 is 0 Å². The van der Waals surface area contributed by atoms with E-state index in [1.165, 1.54) is 12.0 Å². The predicted octanol–water partition coefficient (Wildman–Crippen LogP) is 3.23. The second-order valence-electron chi connectivity index (χ2n) is 7.08. The van der Waals surface area contributed by atoms with Crippen molar-refractivity contribution in [3.05, 3.63) is 34.3 Å². The molecule has 2 fully saturated rings. The van der Waals surface area contributed by atoms with Gasteiger partial charge in [-0.2, -0.15) is 0 Å². The topological polar surface area (TPSA) is 70.6 Å². The fourth-order valence-electron chi connectivity index (χ4n) is 3.61. The van der Waals surface area contributed by atoms with Gasteiger partial charge in [-0.1, -0.05) is 34.5 Å². The van der Waals surface area contributed by atoms with Crippen LogP contribution < -0.4 is 10.6 Å². The van der Waals surface area contributed by atoms with E-state index in [9.17, 15) is 8.42 Å². The number of aliphatic imine (C=N–C) groups is 1. The molecule has 2 aliphatic rings. The third-order valence-electron chi connectivity index (χ3n) is 5.20. The van der Waals surface area contributed by atoms with Crippen LogP contribution in [0.3, 0.4) is 0 Å². The van der Waals surface area contributed by atoms with E-state index in [1.54, 1.807) is 0 Å². The molecule has 0 bridgehead atoms. The number of hydrogen-bond donors (Lipinski definition) is 2. The Labute approximate surface area is 181 Å². The fourth-order valence-corrected chi connectivity index (χ4v) is 5.69. The van der Waals surface area contributed by atoms with E-state index in [0.717, 1.165) is 36.4 Å². The van der Waals surface area contributed by atoms with Crippen LogP contribution in [0.1, 0.15) is 38.2 Å². The molecule has 0 amide bonds. The summed E-state index contributed by atoms with van der Waals surface area (Å²) in [6.07, 6.45) is 4.17. The Morgan fingerprint density at radius 2 is 2.15 bits per heavy atom. The molecule has 1 saturated heterocycles. The molecule has 1 saturated carbocycles. The van der Waals surface area contributed by atoms with Crippen LogP contribution in [0.2, 0.25) is 0 Å². The van der Waals surface area contributed by atoms with Crippen molar-refractivity contribution in [2.45, 2.75) is 44.1 Å². The van der Waals surface area contributed by atoms with Crippen molar-refractivity contribution in [1.82, 2.24) is 10.6 Å². The number of hydrogen-bond acceptors (Lipinski definition) is 3. The van der Waals surface area contributed by atoms with Gasteiger partial charge in [-0.15, -0.1) is 24.0 Å². The molecule has 5 nitrogen and oxygen atoms in total. The lowest BCUT2D eigenvalue weighted by Gasteiger charge is -2.41. The molecule has 0 aromatic heterocycles. The van der Waals surface area contributed by atoms with Crippen LogP contribution in [0.25, 0.3) is 0 Å². The van der Waals surface area contributed by atoms with E-state index in [2.05, 4.69) is 44.8 Å². The summed E-state index contributed by atoms with van der Waals surface area (Å²) in [6.45, 7) is 3.50. The van der Waals surface area contributed by atoms with Gasteiger partial charge in [0.2, 0.25) is 0 Å². The van der Waals surface area contributed by atoms with Crippen LogP contribution in [0, 0.1) is 0 Å². The molecule has 1 aliphatic carbocycles. The van der Waals surface area contributed by atoms with Crippen molar-refractivity contribution in [2.24, 2.45) is 4.99 Å². The number of guanidine groups is 1. The number of halogens is 2. The lowest BCUT2D eigenvalue weighted by atomic mass is 9.64. The van der Waals surface area contributed by atoms with Gasteiger partial charge in [-0.3, -0.25) is 4.99 Å².